The molecule has 0 saturated carbocycles. The van der Waals surface area contributed by atoms with Crippen molar-refractivity contribution in [2.24, 2.45) is 0 Å². The highest BCUT2D eigenvalue weighted by Gasteiger charge is 2.59. The minimum atomic E-state index is -1.16. The van der Waals surface area contributed by atoms with Gasteiger partial charge in [0.2, 0.25) is 0 Å². The molecular weight excluding hydrogens is 512 g/mol. The van der Waals surface area contributed by atoms with Crippen LogP contribution in [-0.4, -0.2) is 58.1 Å². The maximum Gasteiger partial charge on any atom is 0.333 e. The average molecular weight is 565 g/mol. The molecule has 6 atom stereocenters. The first kappa shape index (κ1) is 32.8. The Morgan fingerprint density at radius 3 is 1.18 bits per heavy atom. The number of aliphatic hydroxyl groups is 2. The van der Waals surface area contributed by atoms with Crippen molar-refractivity contribution in [3.63, 3.8) is 0 Å². The molecule has 228 valence electrons. The van der Waals surface area contributed by atoms with Gasteiger partial charge in [-0.2, -0.15) is 0 Å². The van der Waals surface area contributed by atoms with Crippen molar-refractivity contribution in [2.45, 2.75) is 165 Å². The van der Waals surface area contributed by atoms with Crippen LogP contribution in [-0.2, 0) is 28.5 Å². The smallest absolute Gasteiger partial charge is 0.333 e. The molecule has 2 fully saturated rings. The van der Waals surface area contributed by atoms with Crippen LogP contribution in [0.15, 0.2) is 24.3 Å². The summed E-state index contributed by atoms with van der Waals surface area (Å²) in [7, 11) is 0. The van der Waals surface area contributed by atoms with Crippen LogP contribution < -0.4 is 0 Å². The third-order valence-corrected chi connectivity index (χ3v) is 8.31. The first-order valence-corrected chi connectivity index (χ1v) is 15.9. The lowest BCUT2D eigenvalue weighted by Gasteiger charge is -2.47. The Balaban J connectivity index is 0.000000220. The number of hydrogen-bond donors (Lipinski definition) is 2. The van der Waals surface area contributed by atoms with Gasteiger partial charge >= 0.3 is 11.9 Å². The molecule has 0 aliphatic carbocycles. The van der Waals surface area contributed by atoms with Gasteiger partial charge < -0.3 is 29.2 Å². The lowest BCUT2D eigenvalue weighted by atomic mass is 9.92. The maximum atomic E-state index is 11.0. The third-order valence-electron chi connectivity index (χ3n) is 8.31. The van der Waals surface area contributed by atoms with Crippen molar-refractivity contribution in [1.82, 2.24) is 0 Å². The zero-order valence-corrected chi connectivity index (χ0v) is 24.7. The lowest BCUT2D eigenvalue weighted by molar-refractivity contribution is -0.355. The standard InChI is InChI=1S/2C16H26O4/c2*1-2-3-4-5-6-7-8-9-10-13-15(18)16(19-13)12-11-14(17)20-16/h2*11-13,15,18H,2-10H2,1H3/t2*13-,15-,16-/m10/s1. The van der Waals surface area contributed by atoms with Crippen molar-refractivity contribution in [2.75, 3.05) is 0 Å². The Hall–Kier alpha value is -1.74. The zero-order valence-electron chi connectivity index (χ0n) is 24.7. The van der Waals surface area contributed by atoms with Gasteiger partial charge in [0.15, 0.2) is 0 Å². The molecule has 40 heavy (non-hydrogen) atoms. The minimum Gasteiger partial charge on any atom is -0.423 e. The number of hydrogen-bond acceptors (Lipinski definition) is 8. The normalized spacial score (nSPS) is 31.6. The predicted octanol–water partition coefficient (Wildman–Crippen LogP) is 6.17. The molecule has 0 bridgehead atoms. The summed E-state index contributed by atoms with van der Waals surface area (Å²) < 4.78 is 21.1. The Labute approximate surface area is 240 Å². The van der Waals surface area contributed by atoms with E-state index in [1.165, 1.54) is 114 Å². The second-order valence-electron chi connectivity index (χ2n) is 11.7. The molecule has 4 aliphatic heterocycles. The molecule has 0 radical (unpaired) electrons. The van der Waals surface area contributed by atoms with Gasteiger partial charge in [-0.05, 0) is 25.0 Å². The summed E-state index contributed by atoms with van der Waals surface area (Å²) in [5.74, 6) is -3.20. The molecule has 0 amide bonds. The topological polar surface area (TPSA) is 112 Å². The van der Waals surface area contributed by atoms with Crippen LogP contribution in [0, 0.1) is 0 Å². The van der Waals surface area contributed by atoms with Gasteiger partial charge in [-0.1, -0.05) is 117 Å². The van der Waals surface area contributed by atoms with E-state index in [0.717, 1.165) is 25.7 Å². The largest absolute Gasteiger partial charge is 0.423 e. The summed E-state index contributed by atoms with van der Waals surface area (Å²) in [4.78, 5) is 22.0. The van der Waals surface area contributed by atoms with Gasteiger partial charge in [0.1, 0.15) is 12.2 Å². The lowest BCUT2D eigenvalue weighted by Crippen LogP contribution is -2.63. The monoisotopic (exact) mass is 564 g/mol. The molecule has 8 heteroatoms. The Morgan fingerprint density at radius 2 is 0.900 bits per heavy atom. The fourth-order valence-corrected chi connectivity index (χ4v) is 5.77. The second kappa shape index (κ2) is 16.6. The highest BCUT2D eigenvalue weighted by Crippen LogP contribution is 2.41. The number of ether oxygens (including phenoxy) is 4. The first-order valence-electron chi connectivity index (χ1n) is 15.9. The number of esters is 2. The molecule has 4 aliphatic rings. The Bertz CT molecular complexity index is 773. The summed E-state index contributed by atoms with van der Waals surface area (Å²) >= 11 is 0. The maximum absolute atomic E-state index is 11.0. The molecule has 0 aromatic carbocycles. The van der Waals surface area contributed by atoms with Crippen LogP contribution in [0.1, 0.15) is 129 Å². The molecule has 0 aromatic rings. The predicted molar refractivity (Wildman–Crippen MR) is 152 cm³/mol. The van der Waals surface area contributed by atoms with Gasteiger partial charge in [-0.3, -0.25) is 0 Å². The molecule has 8 nitrogen and oxygen atoms in total. The fraction of sp³-hybridized carbons (Fsp3) is 0.812. The van der Waals surface area contributed by atoms with E-state index in [1.807, 2.05) is 0 Å². The number of unbranched alkanes of at least 4 members (excludes halogenated alkanes) is 14. The molecule has 4 heterocycles. The van der Waals surface area contributed by atoms with Crippen molar-refractivity contribution in [3.8, 4) is 0 Å². The number of carbonyl (C=O) groups is 2. The van der Waals surface area contributed by atoms with Crippen LogP contribution in [0.5, 0.6) is 0 Å². The van der Waals surface area contributed by atoms with E-state index in [-0.39, 0.29) is 12.2 Å². The van der Waals surface area contributed by atoms with Crippen LogP contribution in [0.4, 0.5) is 0 Å². The van der Waals surface area contributed by atoms with Crippen LogP contribution in [0.2, 0.25) is 0 Å². The van der Waals surface area contributed by atoms with Crippen molar-refractivity contribution in [3.05, 3.63) is 24.3 Å². The van der Waals surface area contributed by atoms with Gasteiger partial charge in [0, 0.05) is 12.2 Å². The molecule has 0 aromatic heterocycles. The van der Waals surface area contributed by atoms with Gasteiger partial charge in [0.25, 0.3) is 11.6 Å². The molecular formula is C32H52O8. The first-order chi connectivity index (χ1) is 19.4. The fourth-order valence-electron chi connectivity index (χ4n) is 5.77. The Kier molecular flexibility index (Phi) is 13.6. The number of rotatable bonds is 18. The molecule has 2 N–H and O–H groups in total. The third kappa shape index (κ3) is 9.13. The summed E-state index contributed by atoms with van der Waals surface area (Å²) in [5.41, 5.74) is 0. The van der Waals surface area contributed by atoms with Gasteiger partial charge in [0.05, 0.1) is 12.2 Å². The van der Waals surface area contributed by atoms with E-state index in [1.54, 1.807) is 0 Å². The van der Waals surface area contributed by atoms with Crippen LogP contribution >= 0.6 is 0 Å². The van der Waals surface area contributed by atoms with E-state index in [9.17, 15) is 19.8 Å². The molecule has 4 rings (SSSR count). The summed E-state index contributed by atoms with van der Waals surface area (Å²) in [5, 5.41) is 20.0. The van der Waals surface area contributed by atoms with Gasteiger partial charge in [-0.15, -0.1) is 0 Å². The number of carbonyl (C=O) groups excluding carboxylic acids is 2. The van der Waals surface area contributed by atoms with Crippen molar-refractivity contribution < 1.29 is 38.7 Å². The average Bonchev–Trinajstić information content (AvgIpc) is 3.55. The highest BCUT2D eigenvalue weighted by molar-refractivity contribution is 5.85. The van der Waals surface area contributed by atoms with Crippen molar-refractivity contribution >= 4 is 11.9 Å². The van der Waals surface area contributed by atoms with Crippen molar-refractivity contribution in [1.29, 1.82) is 0 Å². The van der Waals surface area contributed by atoms with E-state index in [4.69, 9.17) is 18.9 Å². The number of aliphatic hydroxyl groups excluding tert-OH is 2. The van der Waals surface area contributed by atoms with E-state index >= 15 is 0 Å². The van der Waals surface area contributed by atoms with Crippen LogP contribution in [0.25, 0.3) is 0 Å². The quantitative estimate of drug-likeness (QED) is 0.150. The van der Waals surface area contributed by atoms with E-state index < -0.39 is 35.7 Å². The second-order valence-corrected chi connectivity index (χ2v) is 11.7. The summed E-state index contributed by atoms with van der Waals surface area (Å²) in [6, 6.07) is 0. The minimum absolute atomic E-state index is 0.189. The van der Waals surface area contributed by atoms with E-state index in [2.05, 4.69) is 13.8 Å². The molecule has 2 spiro atoms. The molecule has 2 saturated heterocycles. The molecule has 0 unspecified atom stereocenters. The highest BCUT2D eigenvalue weighted by atomic mass is 16.8. The SMILES string of the molecule is CCCCCCCCCC[C@@H]1O[C@]2(C=CC(=O)O2)[C@H]1O.CCCCCCCCCC[C@H]1O[C@@]2(C=CC(=O)O2)[C@@H]1O. The van der Waals surface area contributed by atoms with E-state index in [0.29, 0.717) is 0 Å². The summed E-state index contributed by atoms with van der Waals surface area (Å²) in [6.07, 6.45) is 25.8. The van der Waals surface area contributed by atoms with Crippen LogP contribution in [0.3, 0.4) is 0 Å². The zero-order chi connectivity index (χ0) is 28.8. The summed E-state index contributed by atoms with van der Waals surface area (Å²) in [6.45, 7) is 4.46. The Morgan fingerprint density at radius 1 is 0.575 bits per heavy atom. The van der Waals surface area contributed by atoms with Gasteiger partial charge in [-0.25, -0.2) is 9.59 Å².